The number of aromatic nitrogens is 1. The number of nitrogens with one attached hydrogen (secondary N) is 1. The Kier molecular flexibility index (Phi) is 2.75. The highest BCUT2D eigenvalue weighted by Gasteiger charge is 2.12. The topological polar surface area (TPSA) is 103 Å². The predicted octanol–water partition coefficient (Wildman–Crippen LogP) is 1.47. The summed E-state index contributed by atoms with van der Waals surface area (Å²) >= 11 is 0. The summed E-state index contributed by atoms with van der Waals surface area (Å²) in [5.74, 6) is -0.376. The van der Waals surface area contributed by atoms with Gasteiger partial charge in [0.2, 0.25) is 0 Å². The standard InChI is InChI=1S/C11H14N3O2S/c12-5-7-17(13,15,16)11-3-1-2-9-8-14-6-4-10(9)11/h1-4,6,8H,5,7,12H2,(H2-,13,15,16)/q-1/p-1. The average Bonchev–Trinajstić information content (AvgIpc) is 2.27. The molecule has 0 aliphatic rings. The summed E-state index contributed by atoms with van der Waals surface area (Å²) in [7, 11) is -4.86. The first-order valence-corrected chi connectivity index (χ1v) is 7.17. The van der Waals surface area contributed by atoms with Crippen LogP contribution in [0.4, 0.5) is 0 Å². The van der Waals surface area contributed by atoms with Gasteiger partial charge < -0.3 is 25.0 Å². The highest BCUT2D eigenvalue weighted by Crippen LogP contribution is 2.36. The van der Waals surface area contributed by atoms with Crippen molar-refractivity contribution in [3.8, 4) is 0 Å². The largest absolute Gasteiger partial charge is 0.781 e. The van der Waals surface area contributed by atoms with Gasteiger partial charge in [0, 0.05) is 40.4 Å². The van der Waals surface area contributed by atoms with Gasteiger partial charge in [-0.25, -0.2) is 0 Å². The van der Waals surface area contributed by atoms with E-state index in [4.69, 9.17) is 10.9 Å². The SMILES string of the molecule is [NH-]S(=O)([O-])(CCN)c1cccc2cnccc12. The van der Waals surface area contributed by atoms with Crippen molar-refractivity contribution in [3.05, 3.63) is 41.8 Å². The summed E-state index contributed by atoms with van der Waals surface area (Å²) in [5, 5.41) is 8.91. The fourth-order valence-electron chi connectivity index (χ4n) is 1.78. The molecule has 1 aromatic heterocycles. The minimum Gasteiger partial charge on any atom is -0.781 e. The Morgan fingerprint density at radius 3 is 2.88 bits per heavy atom. The maximum Gasteiger partial charge on any atom is 0.0346 e. The number of rotatable bonds is 3. The van der Waals surface area contributed by atoms with E-state index in [1.807, 2.05) is 0 Å². The molecule has 0 fully saturated rings. The highest BCUT2D eigenvalue weighted by molar-refractivity contribution is 8.16. The van der Waals surface area contributed by atoms with Gasteiger partial charge in [0.25, 0.3) is 0 Å². The molecule has 0 spiro atoms. The molecule has 17 heavy (non-hydrogen) atoms. The van der Waals surface area contributed by atoms with E-state index in [2.05, 4.69) is 4.98 Å². The van der Waals surface area contributed by atoms with Crippen molar-refractivity contribution >= 4 is 20.3 Å². The minimum absolute atomic E-state index is 0.00681. The predicted molar refractivity (Wildman–Crippen MR) is 67.2 cm³/mol. The average molecular weight is 251 g/mol. The molecule has 92 valence electrons. The van der Waals surface area contributed by atoms with Crippen molar-refractivity contribution in [3.63, 3.8) is 0 Å². The van der Waals surface area contributed by atoms with E-state index >= 15 is 0 Å². The van der Waals surface area contributed by atoms with Gasteiger partial charge in [-0.1, -0.05) is 12.1 Å². The maximum absolute atomic E-state index is 12.2. The summed E-state index contributed by atoms with van der Waals surface area (Å²) < 4.78 is 24.4. The Balaban J connectivity index is 2.76. The first-order valence-electron chi connectivity index (χ1n) is 5.11. The molecule has 0 saturated carbocycles. The van der Waals surface area contributed by atoms with Gasteiger partial charge >= 0.3 is 0 Å². The third-order valence-electron chi connectivity index (χ3n) is 2.57. The van der Waals surface area contributed by atoms with Gasteiger partial charge in [0.1, 0.15) is 0 Å². The molecular formula is C11H13N3O2S-2. The summed E-state index contributed by atoms with van der Waals surface area (Å²) in [6.07, 6.45) is 3.08. The number of nitrogens with two attached hydrogens (primary N) is 1. The number of pyridine rings is 1. The van der Waals surface area contributed by atoms with Crippen molar-refractivity contribution in [1.82, 2.24) is 4.98 Å². The first kappa shape index (κ1) is 12.1. The number of benzene rings is 1. The van der Waals surface area contributed by atoms with Gasteiger partial charge in [-0.15, -0.1) is 0 Å². The molecule has 2 aromatic rings. The van der Waals surface area contributed by atoms with Gasteiger partial charge in [-0.2, -0.15) is 0 Å². The molecule has 0 atom stereocenters. The monoisotopic (exact) mass is 251 g/mol. The van der Waals surface area contributed by atoms with Crippen LogP contribution in [0.25, 0.3) is 15.9 Å². The molecule has 5 nitrogen and oxygen atoms in total. The van der Waals surface area contributed by atoms with Gasteiger partial charge in [0.05, 0.1) is 0 Å². The maximum atomic E-state index is 12.2. The van der Waals surface area contributed by atoms with Crippen LogP contribution in [-0.4, -0.2) is 26.0 Å². The molecule has 0 amide bonds. The molecular weight excluding hydrogens is 238 g/mol. The van der Waals surface area contributed by atoms with Crippen LogP contribution in [-0.2, 0) is 9.53 Å². The molecule has 1 aromatic carbocycles. The van der Waals surface area contributed by atoms with E-state index in [9.17, 15) is 8.76 Å². The fraction of sp³-hybridized carbons (Fsp3) is 0.182. The van der Waals surface area contributed by atoms with Crippen molar-refractivity contribution in [2.75, 3.05) is 12.3 Å². The van der Waals surface area contributed by atoms with Crippen LogP contribution < -0.4 is 5.73 Å². The molecule has 0 saturated heterocycles. The Hall–Kier alpha value is -1.34. The van der Waals surface area contributed by atoms with Crippen molar-refractivity contribution < 1.29 is 8.76 Å². The second-order valence-corrected chi connectivity index (χ2v) is 6.78. The Bertz CT molecular complexity index is 616. The zero-order valence-electron chi connectivity index (χ0n) is 9.13. The van der Waals surface area contributed by atoms with Crippen molar-refractivity contribution in [2.45, 2.75) is 4.90 Å². The number of sulfonamides is 2. The number of fused-ring (bicyclic) bond motifs is 1. The Morgan fingerprint density at radius 1 is 1.41 bits per heavy atom. The van der Waals surface area contributed by atoms with Crippen LogP contribution in [0, 0.1) is 0 Å². The lowest BCUT2D eigenvalue weighted by Crippen LogP contribution is -2.35. The lowest BCUT2D eigenvalue weighted by molar-refractivity contribution is 0.498. The highest BCUT2D eigenvalue weighted by atomic mass is 32.3. The van der Waals surface area contributed by atoms with Crippen LogP contribution >= 0.6 is 0 Å². The normalized spacial score (nSPS) is 14.4. The number of nitrogens with zero attached hydrogens (tertiary/aromatic N) is 1. The zero-order chi connectivity index (χ0) is 12.5. The molecule has 3 N–H and O–H groups in total. The summed E-state index contributed by atoms with van der Waals surface area (Å²) in [6.45, 7) is -0.0696. The molecule has 2 rings (SSSR count). The van der Waals surface area contributed by atoms with E-state index in [1.54, 1.807) is 24.4 Å². The second kappa shape index (κ2) is 3.85. The molecule has 0 bridgehead atoms. The quantitative estimate of drug-likeness (QED) is 0.891. The molecule has 0 aliphatic carbocycles. The second-order valence-electron chi connectivity index (χ2n) is 3.87. The number of hydrogen-bond donors (Lipinski definition) is 1. The smallest absolute Gasteiger partial charge is 0.0346 e. The fourth-order valence-corrected chi connectivity index (χ4v) is 3.41. The summed E-state index contributed by atoms with van der Waals surface area (Å²) in [4.78, 5) is 3.93. The van der Waals surface area contributed by atoms with Crippen LogP contribution in [0.2, 0.25) is 0 Å². The number of hydrogen-bond acceptors (Lipinski definition) is 4. The van der Waals surface area contributed by atoms with E-state index in [-0.39, 0.29) is 17.2 Å². The minimum atomic E-state index is -4.86. The lowest BCUT2D eigenvalue weighted by Gasteiger charge is -2.60. The summed E-state index contributed by atoms with van der Waals surface area (Å²) in [6, 6.07) is 6.40. The van der Waals surface area contributed by atoms with E-state index in [1.165, 1.54) is 12.3 Å². The van der Waals surface area contributed by atoms with Crippen molar-refractivity contribution in [2.24, 2.45) is 5.73 Å². The Labute approximate surface area is 99.2 Å². The molecule has 6 heteroatoms. The van der Waals surface area contributed by atoms with E-state index in [0.29, 0.717) is 10.8 Å². The Morgan fingerprint density at radius 2 is 2.18 bits per heavy atom. The third kappa shape index (κ3) is 2.20. The molecule has 0 radical (unpaired) electrons. The molecule has 0 unspecified atom stereocenters. The zero-order valence-corrected chi connectivity index (χ0v) is 9.94. The van der Waals surface area contributed by atoms with Gasteiger partial charge in [0.15, 0.2) is 0 Å². The molecule has 0 aliphatic heterocycles. The van der Waals surface area contributed by atoms with Gasteiger partial charge in [-0.05, 0) is 12.1 Å². The van der Waals surface area contributed by atoms with Crippen LogP contribution in [0.15, 0.2) is 41.6 Å². The van der Waals surface area contributed by atoms with Gasteiger partial charge in [-0.3, -0.25) is 9.19 Å². The van der Waals surface area contributed by atoms with Crippen LogP contribution in [0.5, 0.6) is 0 Å². The van der Waals surface area contributed by atoms with E-state index < -0.39 is 9.53 Å². The van der Waals surface area contributed by atoms with Crippen molar-refractivity contribution in [1.29, 1.82) is 0 Å². The number of sulfone groups is 1. The van der Waals surface area contributed by atoms with Crippen LogP contribution in [0.3, 0.4) is 0 Å². The third-order valence-corrected chi connectivity index (χ3v) is 4.80. The first-order chi connectivity index (χ1) is 7.92. The van der Waals surface area contributed by atoms with E-state index in [0.717, 1.165) is 0 Å². The van der Waals surface area contributed by atoms with Crippen LogP contribution in [0.1, 0.15) is 0 Å². The molecule has 1 heterocycles. The summed E-state index contributed by atoms with van der Waals surface area (Å²) in [5.41, 5.74) is 5.28. The lowest BCUT2D eigenvalue weighted by atomic mass is 10.2.